The van der Waals surface area contributed by atoms with Crippen LogP contribution in [0.15, 0.2) is 35.9 Å². The van der Waals surface area contributed by atoms with Crippen molar-refractivity contribution in [3.05, 3.63) is 47.0 Å². The van der Waals surface area contributed by atoms with E-state index in [1.165, 1.54) is 11.1 Å². The molecule has 21 heavy (non-hydrogen) atoms. The van der Waals surface area contributed by atoms with Crippen LogP contribution < -0.4 is 0 Å². The quantitative estimate of drug-likeness (QED) is 0.587. The SMILES string of the molecule is CCc1cccc(COC(=O)C2C(C=C(C)C)C2(C)C)c1. The van der Waals surface area contributed by atoms with Crippen LogP contribution in [0.25, 0.3) is 0 Å². The maximum absolute atomic E-state index is 12.3. The molecule has 2 heteroatoms. The maximum atomic E-state index is 12.3. The van der Waals surface area contributed by atoms with Gasteiger partial charge in [0.25, 0.3) is 0 Å². The van der Waals surface area contributed by atoms with Crippen LogP contribution in [0.2, 0.25) is 0 Å². The average Bonchev–Trinajstić information content (AvgIpc) is 2.96. The van der Waals surface area contributed by atoms with E-state index in [1.807, 2.05) is 12.1 Å². The molecule has 1 fully saturated rings. The van der Waals surface area contributed by atoms with E-state index in [4.69, 9.17) is 4.74 Å². The van der Waals surface area contributed by atoms with Gasteiger partial charge in [-0.25, -0.2) is 0 Å². The molecule has 1 aliphatic rings. The Balaban J connectivity index is 1.95. The third kappa shape index (κ3) is 3.55. The first-order valence-corrected chi connectivity index (χ1v) is 7.75. The number of hydrogen-bond acceptors (Lipinski definition) is 2. The number of esters is 1. The first-order valence-electron chi connectivity index (χ1n) is 7.75. The summed E-state index contributed by atoms with van der Waals surface area (Å²) in [4.78, 5) is 12.3. The molecule has 1 saturated carbocycles. The number of ether oxygens (including phenoxy) is 1. The first kappa shape index (κ1) is 15.8. The third-order valence-corrected chi connectivity index (χ3v) is 4.46. The van der Waals surface area contributed by atoms with E-state index in [0.29, 0.717) is 12.5 Å². The molecule has 0 aliphatic heterocycles. The molecule has 114 valence electrons. The van der Waals surface area contributed by atoms with Gasteiger partial charge in [-0.1, -0.05) is 56.7 Å². The average molecular weight is 286 g/mol. The summed E-state index contributed by atoms with van der Waals surface area (Å²) in [7, 11) is 0. The molecule has 2 nitrogen and oxygen atoms in total. The van der Waals surface area contributed by atoms with Crippen LogP contribution in [-0.4, -0.2) is 5.97 Å². The van der Waals surface area contributed by atoms with Crippen molar-refractivity contribution in [1.29, 1.82) is 0 Å². The molecule has 1 aromatic rings. The Bertz CT molecular complexity index is 550. The van der Waals surface area contributed by atoms with Crippen molar-refractivity contribution in [3.63, 3.8) is 0 Å². The van der Waals surface area contributed by atoms with E-state index < -0.39 is 0 Å². The van der Waals surface area contributed by atoms with Gasteiger partial charge in [-0.15, -0.1) is 0 Å². The zero-order valence-corrected chi connectivity index (χ0v) is 13.8. The van der Waals surface area contributed by atoms with Gasteiger partial charge in [-0.3, -0.25) is 4.79 Å². The number of rotatable bonds is 5. The van der Waals surface area contributed by atoms with Crippen molar-refractivity contribution in [3.8, 4) is 0 Å². The molecule has 0 radical (unpaired) electrons. The highest BCUT2D eigenvalue weighted by molar-refractivity contribution is 5.78. The summed E-state index contributed by atoms with van der Waals surface area (Å²) in [6.45, 7) is 10.9. The van der Waals surface area contributed by atoms with Crippen LogP contribution in [0.4, 0.5) is 0 Å². The van der Waals surface area contributed by atoms with E-state index in [0.717, 1.165) is 12.0 Å². The summed E-state index contributed by atoms with van der Waals surface area (Å²) in [5.74, 6) is 0.253. The second-order valence-electron chi connectivity index (χ2n) is 6.85. The lowest BCUT2D eigenvalue weighted by molar-refractivity contribution is -0.147. The van der Waals surface area contributed by atoms with Gasteiger partial charge in [0, 0.05) is 0 Å². The maximum Gasteiger partial charge on any atom is 0.310 e. The normalized spacial score (nSPS) is 22.5. The highest BCUT2D eigenvalue weighted by atomic mass is 16.5. The number of aryl methyl sites for hydroxylation is 1. The Labute approximate surface area is 128 Å². The second kappa shape index (κ2) is 6.05. The highest BCUT2D eigenvalue weighted by Crippen LogP contribution is 2.59. The zero-order chi connectivity index (χ0) is 15.6. The number of carbonyl (C=O) groups is 1. The molecule has 0 amide bonds. The summed E-state index contributed by atoms with van der Waals surface area (Å²) in [6, 6.07) is 8.24. The molecule has 0 aromatic heterocycles. The van der Waals surface area contributed by atoms with Crippen LogP contribution in [0, 0.1) is 17.3 Å². The van der Waals surface area contributed by atoms with Gasteiger partial charge >= 0.3 is 5.97 Å². The minimum Gasteiger partial charge on any atom is -0.461 e. The Hall–Kier alpha value is -1.57. The van der Waals surface area contributed by atoms with Gasteiger partial charge in [0.05, 0.1) is 5.92 Å². The largest absolute Gasteiger partial charge is 0.461 e. The fourth-order valence-corrected chi connectivity index (χ4v) is 2.98. The summed E-state index contributed by atoms with van der Waals surface area (Å²) >= 11 is 0. The van der Waals surface area contributed by atoms with Crippen molar-refractivity contribution >= 4 is 5.97 Å². The van der Waals surface area contributed by atoms with E-state index in [-0.39, 0.29) is 17.3 Å². The third-order valence-electron chi connectivity index (χ3n) is 4.46. The van der Waals surface area contributed by atoms with Gasteiger partial charge in [0.15, 0.2) is 0 Å². The first-order chi connectivity index (χ1) is 9.86. The molecule has 0 bridgehead atoms. The number of allylic oxidation sites excluding steroid dienone is 2. The fourth-order valence-electron chi connectivity index (χ4n) is 2.98. The van der Waals surface area contributed by atoms with Gasteiger partial charge in [0.2, 0.25) is 0 Å². The van der Waals surface area contributed by atoms with Gasteiger partial charge in [0.1, 0.15) is 6.61 Å². The van der Waals surface area contributed by atoms with Crippen LogP contribution in [0.1, 0.15) is 45.7 Å². The van der Waals surface area contributed by atoms with E-state index in [9.17, 15) is 4.79 Å². The zero-order valence-electron chi connectivity index (χ0n) is 13.8. The van der Waals surface area contributed by atoms with Crippen molar-refractivity contribution in [2.75, 3.05) is 0 Å². The molecule has 1 aromatic carbocycles. The molecular weight excluding hydrogens is 260 g/mol. The van der Waals surface area contributed by atoms with Gasteiger partial charge in [-0.05, 0) is 42.7 Å². The molecular formula is C19H26O2. The smallest absolute Gasteiger partial charge is 0.310 e. The molecule has 0 heterocycles. The Morgan fingerprint density at radius 2 is 1.95 bits per heavy atom. The Kier molecular flexibility index (Phi) is 4.55. The summed E-state index contributed by atoms with van der Waals surface area (Å²) in [5, 5.41) is 0. The lowest BCUT2D eigenvalue weighted by atomic mass is 10.1. The predicted octanol–water partition coefficient (Wildman–Crippen LogP) is 4.53. The summed E-state index contributed by atoms with van der Waals surface area (Å²) in [5.41, 5.74) is 3.64. The number of hydrogen-bond donors (Lipinski definition) is 0. The topological polar surface area (TPSA) is 26.3 Å². The summed E-state index contributed by atoms with van der Waals surface area (Å²) in [6.07, 6.45) is 3.20. The minimum atomic E-state index is -0.0654. The Morgan fingerprint density at radius 1 is 1.29 bits per heavy atom. The Morgan fingerprint density at radius 3 is 2.57 bits per heavy atom. The lowest BCUT2D eigenvalue weighted by Gasteiger charge is -2.07. The van der Waals surface area contributed by atoms with Crippen molar-refractivity contribution < 1.29 is 9.53 Å². The van der Waals surface area contributed by atoms with E-state index in [1.54, 1.807) is 0 Å². The number of benzene rings is 1. The molecule has 0 spiro atoms. The highest BCUT2D eigenvalue weighted by Gasteiger charge is 2.61. The fraction of sp³-hybridized carbons (Fsp3) is 0.526. The van der Waals surface area contributed by atoms with Crippen LogP contribution in [0.5, 0.6) is 0 Å². The van der Waals surface area contributed by atoms with Gasteiger partial charge in [-0.2, -0.15) is 0 Å². The molecule has 2 rings (SSSR count). The van der Waals surface area contributed by atoms with Crippen molar-refractivity contribution in [1.82, 2.24) is 0 Å². The van der Waals surface area contributed by atoms with Crippen LogP contribution >= 0.6 is 0 Å². The molecule has 0 N–H and O–H groups in total. The molecule has 2 atom stereocenters. The van der Waals surface area contributed by atoms with E-state index in [2.05, 4.69) is 52.8 Å². The molecule has 2 unspecified atom stereocenters. The van der Waals surface area contributed by atoms with Crippen LogP contribution in [-0.2, 0) is 22.6 Å². The van der Waals surface area contributed by atoms with Crippen molar-refractivity contribution in [2.45, 2.75) is 47.6 Å². The lowest BCUT2D eigenvalue weighted by Crippen LogP contribution is -2.10. The van der Waals surface area contributed by atoms with E-state index >= 15 is 0 Å². The summed E-state index contributed by atoms with van der Waals surface area (Å²) < 4.78 is 5.53. The van der Waals surface area contributed by atoms with Gasteiger partial charge < -0.3 is 4.74 Å². The van der Waals surface area contributed by atoms with Crippen molar-refractivity contribution in [2.24, 2.45) is 17.3 Å². The minimum absolute atomic E-state index is 0.00163. The standard InChI is InChI=1S/C19H26O2/c1-6-14-8-7-9-15(11-14)12-21-18(20)17-16(10-13(2)3)19(17,4)5/h7-11,16-17H,6,12H2,1-5H3. The molecule has 1 aliphatic carbocycles. The number of carbonyl (C=O) groups excluding carboxylic acids is 1. The predicted molar refractivity (Wildman–Crippen MR) is 85.8 cm³/mol. The second-order valence-corrected chi connectivity index (χ2v) is 6.85. The monoisotopic (exact) mass is 286 g/mol. The van der Waals surface area contributed by atoms with Crippen LogP contribution in [0.3, 0.4) is 0 Å². The molecule has 0 saturated heterocycles.